The monoisotopic (exact) mass is 322 g/mol. The van der Waals surface area contributed by atoms with Crippen LogP contribution in [0.25, 0.3) is 0 Å². The first-order valence-corrected chi connectivity index (χ1v) is 10.9. The SMILES string of the molecule is CCCCCCCCCC(NCC)N1CCCC2CCCCC21. The van der Waals surface area contributed by atoms with Crippen molar-refractivity contribution in [2.75, 3.05) is 13.1 Å². The standard InChI is InChI=1S/C21H42N2/c1-3-5-6-7-8-9-10-17-21(22-4-2)23-18-13-15-19-14-11-12-16-20(19)23/h19-22H,3-18H2,1-2H3. The van der Waals surface area contributed by atoms with Gasteiger partial charge in [0.15, 0.2) is 0 Å². The van der Waals surface area contributed by atoms with Gasteiger partial charge >= 0.3 is 0 Å². The van der Waals surface area contributed by atoms with E-state index in [0.29, 0.717) is 6.17 Å². The van der Waals surface area contributed by atoms with Crippen molar-refractivity contribution in [2.24, 2.45) is 5.92 Å². The molecule has 0 aromatic rings. The Labute approximate surface area is 145 Å². The fourth-order valence-electron chi connectivity index (χ4n) is 4.97. The molecule has 2 nitrogen and oxygen atoms in total. The summed E-state index contributed by atoms with van der Waals surface area (Å²) in [5.41, 5.74) is 0. The van der Waals surface area contributed by atoms with Gasteiger partial charge in [-0.3, -0.25) is 4.90 Å². The van der Waals surface area contributed by atoms with Gasteiger partial charge < -0.3 is 5.32 Å². The zero-order valence-corrected chi connectivity index (χ0v) is 16.0. The number of nitrogens with zero attached hydrogens (tertiary/aromatic N) is 1. The van der Waals surface area contributed by atoms with Crippen LogP contribution in [0.3, 0.4) is 0 Å². The third-order valence-corrected chi connectivity index (χ3v) is 6.21. The third kappa shape index (κ3) is 6.38. The number of piperidine rings is 1. The van der Waals surface area contributed by atoms with Gasteiger partial charge in [-0.25, -0.2) is 0 Å². The summed E-state index contributed by atoms with van der Waals surface area (Å²) in [7, 11) is 0. The maximum Gasteiger partial charge on any atom is 0.0599 e. The second-order valence-corrected chi connectivity index (χ2v) is 7.98. The Bertz CT molecular complexity index is 290. The van der Waals surface area contributed by atoms with Crippen LogP contribution in [-0.2, 0) is 0 Å². The van der Waals surface area contributed by atoms with Gasteiger partial charge in [0, 0.05) is 6.04 Å². The van der Waals surface area contributed by atoms with Crippen LogP contribution in [0.4, 0.5) is 0 Å². The van der Waals surface area contributed by atoms with Crippen molar-refractivity contribution in [3.8, 4) is 0 Å². The van der Waals surface area contributed by atoms with E-state index in [9.17, 15) is 0 Å². The predicted octanol–water partition coefficient (Wildman–Crippen LogP) is 5.72. The molecule has 2 heteroatoms. The van der Waals surface area contributed by atoms with E-state index in [-0.39, 0.29) is 0 Å². The Kier molecular flexibility index (Phi) is 9.60. The van der Waals surface area contributed by atoms with Crippen LogP contribution in [0, 0.1) is 5.92 Å². The molecular formula is C21H42N2. The first-order valence-electron chi connectivity index (χ1n) is 10.9. The summed E-state index contributed by atoms with van der Waals surface area (Å²) in [6, 6.07) is 0.895. The van der Waals surface area contributed by atoms with Crippen LogP contribution in [0.15, 0.2) is 0 Å². The number of unbranched alkanes of at least 4 members (excludes halogenated alkanes) is 6. The molecule has 2 aliphatic rings. The lowest BCUT2D eigenvalue weighted by Gasteiger charge is -2.48. The van der Waals surface area contributed by atoms with Gasteiger partial charge in [-0.05, 0) is 51.1 Å². The molecule has 1 aliphatic carbocycles. The van der Waals surface area contributed by atoms with Crippen molar-refractivity contribution in [1.82, 2.24) is 10.2 Å². The third-order valence-electron chi connectivity index (χ3n) is 6.21. The molecule has 1 saturated carbocycles. The van der Waals surface area contributed by atoms with Gasteiger partial charge in [0.2, 0.25) is 0 Å². The number of fused-ring (bicyclic) bond motifs is 1. The number of rotatable bonds is 11. The molecule has 1 heterocycles. The molecule has 2 fully saturated rings. The minimum Gasteiger partial charge on any atom is -0.302 e. The van der Waals surface area contributed by atoms with Crippen LogP contribution in [0.1, 0.15) is 104 Å². The molecule has 3 unspecified atom stereocenters. The summed E-state index contributed by atoms with van der Waals surface area (Å²) in [4.78, 5) is 2.88. The smallest absolute Gasteiger partial charge is 0.0599 e. The summed E-state index contributed by atoms with van der Waals surface area (Å²) < 4.78 is 0. The van der Waals surface area contributed by atoms with Gasteiger partial charge in [-0.1, -0.05) is 71.6 Å². The Morgan fingerprint density at radius 2 is 1.57 bits per heavy atom. The van der Waals surface area contributed by atoms with Gasteiger partial charge in [0.1, 0.15) is 0 Å². The quantitative estimate of drug-likeness (QED) is 0.490. The molecule has 0 amide bonds. The number of likely N-dealkylation sites (tertiary alicyclic amines) is 1. The molecule has 1 aliphatic heterocycles. The highest BCUT2D eigenvalue weighted by molar-refractivity contribution is 4.89. The molecule has 2 rings (SSSR count). The van der Waals surface area contributed by atoms with Crippen LogP contribution >= 0.6 is 0 Å². The Morgan fingerprint density at radius 3 is 2.35 bits per heavy atom. The molecular weight excluding hydrogens is 280 g/mol. The maximum atomic E-state index is 3.82. The fraction of sp³-hybridized carbons (Fsp3) is 1.00. The van der Waals surface area contributed by atoms with Crippen molar-refractivity contribution >= 4 is 0 Å². The van der Waals surface area contributed by atoms with Crippen LogP contribution < -0.4 is 5.32 Å². The molecule has 0 radical (unpaired) electrons. The van der Waals surface area contributed by atoms with Crippen LogP contribution in [-0.4, -0.2) is 30.2 Å². The molecule has 0 aromatic carbocycles. The van der Waals surface area contributed by atoms with E-state index in [1.54, 1.807) is 0 Å². The van der Waals surface area contributed by atoms with E-state index in [1.807, 2.05) is 0 Å². The Balaban J connectivity index is 1.73. The average molecular weight is 323 g/mol. The largest absolute Gasteiger partial charge is 0.302 e. The number of nitrogens with one attached hydrogen (secondary N) is 1. The van der Waals surface area contributed by atoms with Gasteiger partial charge in [-0.15, -0.1) is 0 Å². The van der Waals surface area contributed by atoms with Gasteiger partial charge in [0.05, 0.1) is 6.17 Å². The van der Waals surface area contributed by atoms with Crippen LogP contribution in [0.5, 0.6) is 0 Å². The highest BCUT2D eigenvalue weighted by atomic mass is 15.3. The fourth-order valence-corrected chi connectivity index (χ4v) is 4.97. The first kappa shape index (κ1) is 19.2. The molecule has 23 heavy (non-hydrogen) atoms. The summed E-state index contributed by atoms with van der Waals surface area (Å²) in [5.74, 6) is 1.01. The van der Waals surface area contributed by atoms with Crippen molar-refractivity contribution in [1.29, 1.82) is 0 Å². The van der Waals surface area contributed by atoms with Crippen molar-refractivity contribution in [3.63, 3.8) is 0 Å². The van der Waals surface area contributed by atoms with Gasteiger partial charge in [-0.2, -0.15) is 0 Å². The maximum absolute atomic E-state index is 3.82. The topological polar surface area (TPSA) is 15.3 Å². The van der Waals surface area contributed by atoms with Crippen LogP contribution in [0.2, 0.25) is 0 Å². The molecule has 0 aromatic heterocycles. The molecule has 1 saturated heterocycles. The predicted molar refractivity (Wildman–Crippen MR) is 102 cm³/mol. The number of hydrogen-bond donors (Lipinski definition) is 1. The molecule has 0 spiro atoms. The molecule has 3 atom stereocenters. The lowest BCUT2D eigenvalue weighted by atomic mass is 9.78. The minimum absolute atomic E-state index is 0.654. The zero-order chi connectivity index (χ0) is 16.3. The second-order valence-electron chi connectivity index (χ2n) is 7.98. The molecule has 0 bridgehead atoms. The first-order chi connectivity index (χ1) is 11.4. The van der Waals surface area contributed by atoms with Crippen molar-refractivity contribution < 1.29 is 0 Å². The molecule has 1 N–H and O–H groups in total. The van der Waals surface area contributed by atoms with E-state index < -0.39 is 0 Å². The lowest BCUT2D eigenvalue weighted by molar-refractivity contribution is 0.0104. The summed E-state index contributed by atoms with van der Waals surface area (Å²) in [5, 5.41) is 3.82. The summed E-state index contributed by atoms with van der Waals surface area (Å²) in [6.45, 7) is 7.04. The Hall–Kier alpha value is -0.0800. The van der Waals surface area contributed by atoms with Crippen molar-refractivity contribution in [3.05, 3.63) is 0 Å². The normalized spacial score (nSPS) is 26.9. The average Bonchev–Trinajstić information content (AvgIpc) is 2.59. The zero-order valence-electron chi connectivity index (χ0n) is 16.0. The minimum atomic E-state index is 0.654. The summed E-state index contributed by atoms with van der Waals surface area (Å²) in [6.07, 6.45) is 20.8. The van der Waals surface area contributed by atoms with E-state index in [1.165, 1.54) is 96.4 Å². The molecule has 136 valence electrons. The highest BCUT2D eigenvalue weighted by Gasteiger charge is 2.36. The van der Waals surface area contributed by atoms with Crippen molar-refractivity contribution in [2.45, 2.75) is 116 Å². The summed E-state index contributed by atoms with van der Waals surface area (Å²) >= 11 is 0. The van der Waals surface area contributed by atoms with E-state index in [2.05, 4.69) is 24.1 Å². The van der Waals surface area contributed by atoms with E-state index in [0.717, 1.165) is 18.5 Å². The number of hydrogen-bond acceptors (Lipinski definition) is 2. The van der Waals surface area contributed by atoms with E-state index in [4.69, 9.17) is 0 Å². The lowest BCUT2D eigenvalue weighted by Crippen LogP contribution is -2.56. The second kappa shape index (κ2) is 11.5. The van der Waals surface area contributed by atoms with E-state index >= 15 is 0 Å². The highest BCUT2D eigenvalue weighted by Crippen LogP contribution is 2.36. The van der Waals surface area contributed by atoms with Gasteiger partial charge in [0.25, 0.3) is 0 Å². The Morgan fingerprint density at radius 1 is 0.870 bits per heavy atom.